The summed E-state index contributed by atoms with van der Waals surface area (Å²) in [6.07, 6.45) is 0.918. The fraction of sp³-hybridized carbons (Fsp3) is 0.0400. The molecule has 0 aliphatic carbocycles. The third-order valence-corrected chi connectivity index (χ3v) is 5.82. The minimum atomic E-state index is 0.918. The number of hydrogen-bond acceptors (Lipinski definition) is 2. The first kappa shape index (κ1) is 15.5. The molecule has 0 saturated heterocycles. The van der Waals surface area contributed by atoms with Crippen LogP contribution < -0.4 is 10.9 Å². The Morgan fingerprint density at radius 3 is 2.32 bits per heavy atom. The first-order valence-corrected chi connectivity index (χ1v) is 9.54. The Kier molecular flexibility index (Phi) is 3.16. The highest BCUT2D eigenvalue weighted by Crippen LogP contribution is 2.39. The molecule has 0 bridgehead atoms. The monoisotopic (exact) mass is 361 g/mol. The van der Waals surface area contributed by atoms with Crippen LogP contribution >= 0.6 is 0 Å². The second kappa shape index (κ2) is 5.72. The van der Waals surface area contributed by atoms with Crippen LogP contribution in [0.5, 0.6) is 0 Å². The number of H-pyrrole nitrogens is 1. The smallest absolute Gasteiger partial charge is 0.0616 e. The van der Waals surface area contributed by atoms with E-state index < -0.39 is 0 Å². The van der Waals surface area contributed by atoms with Gasteiger partial charge < -0.3 is 4.98 Å². The van der Waals surface area contributed by atoms with Crippen molar-refractivity contribution < 1.29 is 0 Å². The minimum absolute atomic E-state index is 0.918. The lowest BCUT2D eigenvalue weighted by molar-refractivity contribution is 0.994. The zero-order chi connectivity index (χ0) is 18.7. The van der Waals surface area contributed by atoms with Crippen molar-refractivity contribution in [3.05, 3.63) is 96.1 Å². The summed E-state index contributed by atoms with van der Waals surface area (Å²) in [5.74, 6) is 6.48. The normalized spacial score (nSPS) is 13.0. The first-order valence-electron chi connectivity index (χ1n) is 9.54. The van der Waals surface area contributed by atoms with Gasteiger partial charge in [-0.25, -0.2) is 5.84 Å². The number of anilines is 2. The van der Waals surface area contributed by atoms with Crippen LogP contribution in [0.2, 0.25) is 0 Å². The molecule has 6 rings (SSSR count). The van der Waals surface area contributed by atoms with Crippen molar-refractivity contribution in [2.45, 2.75) is 6.42 Å². The summed E-state index contributed by atoms with van der Waals surface area (Å²) in [6, 6.07) is 30.0. The minimum Gasteiger partial charge on any atom is -0.355 e. The van der Waals surface area contributed by atoms with Crippen LogP contribution in [0.4, 0.5) is 11.4 Å². The lowest BCUT2D eigenvalue weighted by Crippen LogP contribution is -2.29. The maximum atomic E-state index is 6.48. The molecule has 2 heterocycles. The maximum Gasteiger partial charge on any atom is 0.0616 e. The van der Waals surface area contributed by atoms with Crippen molar-refractivity contribution >= 4 is 33.2 Å². The lowest BCUT2D eigenvalue weighted by atomic mass is 9.93. The summed E-state index contributed by atoms with van der Waals surface area (Å²) in [7, 11) is 0. The Morgan fingerprint density at radius 1 is 0.643 bits per heavy atom. The second-order valence-corrected chi connectivity index (χ2v) is 7.45. The van der Waals surface area contributed by atoms with E-state index in [2.05, 4.69) is 83.8 Å². The summed E-state index contributed by atoms with van der Waals surface area (Å²) in [5.41, 5.74) is 9.41. The Labute approximate surface area is 163 Å². The number of hydrogen-bond donors (Lipinski definition) is 2. The van der Waals surface area contributed by atoms with E-state index in [1.807, 2.05) is 11.1 Å². The lowest BCUT2D eigenvalue weighted by Gasteiger charge is -2.29. The van der Waals surface area contributed by atoms with Crippen molar-refractivity contribution in [3.8, 4) is 11.1 Å². The zero-order valence-corrected chi connectivity index (χ0v) is 15.3. The summed E-state index contributed by atoms with van der Waals surface area (Å²) < 4.78 is 0. The van der Waals surface area contributed by atoms with E-state index in [1.54, 1.807) is 0 Å². The van der Waals surface area contributed by atoms with E-state index >= 15 is 0 Å². The number of aromatic nitrogens is 1. The second-order valence-electron chi connectivity index (χ2n) is 7.45. The Bertz CT molecular complexity index is 1360. The van der Waals surface area contributed by atoms with Gasteiger partial charge in [0.15, 0.2) is 0 Å². The summed E-state index contributed by atoms with van der Waals surface area (Å²) in [4.78, 5) is 3.50. The fourth-order valence-corrected chi connectivity index (χ4v) is 4.38. The van der Waals surface area contributed by atoms with E-state index in [-0.39, 0.29) is 0 Å². The van der Waals surface area contributed by atoms with Crippen LogP contribution in [-0.4, -0.2) is 4.98 Å². The number of nitrogens with two attached hydrogens (primary N) is 1. The van der Waals surface area contributed by atoms with Gasteiger partial charge >= 0.3 is 0 Å². The SMILES string of the molecule is NN1c2ccccc2Cc2ccc(-c3ccc4[nH]c5ccccc5c4c3)cc21. The fourth-order valence-electron chi connectivity index (χ4n) is 4.38. The van der Waals surface area contributed by atoms with Gasteiger partial charge in [0.05, 0.1) is 11.4 Å². The average molecular weight is 361 g/mol. The van der Waals surface area contributed by atoms with Gasteiger partial charge in [0, 0.05) is 28.2 Å². The molecular formula is C25H19N3. The number of nitrogens with zero attached hydrogens (tertiary/aromatic N) is 1. The van der Waals surface area contributed by atoms with Gasteiger partial charge in [0.1, 0.15) is 0 Å². The molecule has 0 spiro atoms. The molecule has 134 valence electrons. The predicted octanol–water partition coefficient (Wildman–Crippen LogP) is 5.90. The van der Waals surface area contributed by atoms with Crippen molar-refractivity contribution in [1.29, 1.82) is 0 Å². The molecule has 1 aromatic heterocycles. The molecule has 1 aliphatic heterocycles. The van der Waals surface area contributed by atoms with Gasteiger partial charge in [-0.1, -0.05) is 54.6 Å². The van der Waals surface area contributed by atoms with Crippen molar-refractivity contribution in [2.24, 2.45) is 5.84 Å². The highest BCUT2D eigenvalue weighted by Gasteiger charge is 2.20. The molecule has 0 amide bonds. The van der Waals surface area contributed by atoms with Gasteiger partial charge in [-0.2, -0.15) is 0 Å². The number of fused-ring (bicyclic) bond motifs is 5. The number of aromatic amines is 1. The molecule has 28 heavy (non-hydrogen) atoms. The molecule has 5 aromatic rings. The van der Waals surface area contributed by atoms with Crippen LogP contribution in [0.1, 0.15) is 11.1 Å². The highest BCUT2D eigenvalue weighted by molar-refractivity contribution is 6.08. The van der Waals surface area contributed by atoms with Gasteiger partial charge in [0.25, 0.3) is 0 Å². The van der Waals surface area contributed by atoms with Crippen LogP contribution in [0, 0.1) is 0 Å². The topological polar surface area (TPSA) is 45.0 Å². The van der Waals surface area contributed by atoms with Crippen LogP contribution in [-0.2, 0) is 6.42 Å². The van der Waals surface area contributed by atoms with Crippen molar-refractivity contribution in [2.75, 3.05) is 5.01 Å². The molecule has 3 N–H and O–H groups in total. The first-order chi connectivity index (χ1) is 13.8. The van der Waals surface area contributed by atoms with Gasteiger partial charge in [-0.3, -0.25) is 5.01 Å². The molecule has 4 aromatic carbocycles. The molecule has 0 radical (unpaired) electrons. The van der Waals surface area contributed by atoms with Crippen molar-refractivity contribution in [1.82, 2.24) is 4.98 Å². The zero-order valence-electron chi connectivity index (χ0n) is 15.3. The van der Waals surface area contributed by atoms with Gasteiger partial charge in [-0.05, 0) is 52.6 Å². The molecule has 0 unspecified atom stereocenters. The third kappa shape index (κ3) is 2.20. The standard InChI is InChI=1S/C25H19N3/c26-28-24-8-4-1-5-18(24)13-19-10-9-17(15-25(19)28)16-11-12-23-21(14-16)20-6-2-3-7-22(20)27-23/h1-12,14-15,27H,13,26H2. The van der Waals surface area contributed by atoms with E-state index in [4.69, 9.17) is 5.84 Å². The highest BCUT2D eigenvalue weighted by atomic mass is 15.4. The molecule has 0 fully saturated rings. The summed E-state index contributed by atoms with van der Waals surface area (Å²) >= 11 is 0. The van der Waals surface area contributed by atoms with Crippen LogP contribution in [0.15, 0.2) is 84.9 Å². The molecule has 3 heteroatoms. The largest absolute Gasteiger partial charge is 0.355 e. The molecular weight excluding hydrogens is 342 g/mol. The number of para-hydroxylation sites is 2. The Hall–Kier alpha value is -3.56. The molecule has 1 aliphatic rings. The van der Waals surface area contributed by atoms with E-state index in [1.165, 1.54) is 38.5 Å². The van der Waals surface area contributed by atoms with Gasteiger partial charge in [0.2, 0.25) is 0 Å². The summed E-state index contributed by atoms with van der Waals surface area (Å²) in [6.45, 7) is 0. The molecule has 0 saturated carbocycles. The Morgan fingerprint density at radius 2 is 1.36 bits per heavy atom. The van der Waals surface area contributed by atoms with E-state index in [9.17, 15) is 0 Å². The number of benzene rings is 4. The van der Waals surface area contributed by atoms with E-state index in [0.29, 0.717) is 0 Å². The van der Waals surface area contributed by atoms with Gasteiger partial charge in [-0.15, -0.1) is 0 Å². The molecule has 0 atom stereocenters. The number of hydrazine groups is 1. The number of rotatable bonds is 1. The predicted molar refractivity (Wildman–Crippen MR) is 117 cm³/mol. The third-order valence-electron chi connectivity index (χ3n) is 5.82. The quantitative estimate of drug-likeness (QED) is 0.365. The molecule has 3 nitrogen and oxygen atoms in total. The van der Waals surface area contributed by atoms with Crippen LogP contribution in [0.25, 0.3) is 32.9 Å². The number of nitrogens with one attached hydrogen (secondary N) is 1. The Balaban J connectivity index is 1.49. The van der Waals surface area contributed by atoms with Crippen molar-refractivity contribution in [3.63, 3.8) is 0 Å². The maximum absolute atomic E-state index is 6.48. The summed E-state index contributed by atoms with van der Waals surface area (Å²) in [5, 5.41) is 4.33. The average Bonchev–Trinajstić information content (AvgIpc) is 3.12. The van der Waals surface area contributed by atoms with E-state index in [0.717, 1.165) is 23.3 Å². The van der Waals surface area contributed by atoms with Crippen LogP contribution in [0.3, 0.4) is 0 Å².